The molecule has 1 aromatic carbocycles. The van der Waals surface area contributed by atoms with Gasteiger partial charge in [-0.25, -0.2) is 9.36 Å². The number of benzene rings is 1. The minimum atomic E-state index is -1.20. The smallest absolute Gasteiger partial charge is 0.352 e. The number of carboxylic acid groups (broad SMARTS) is 1. The highest BCUT2D eigenvalue weighted by molar-refractivity contribution is 8.00. The number of hydrogen-bond donors (Lipinski definition) is 4. The minimum Gasteiger partial charge on any atom is -0.477 e. The van der Waals surface area contributed by atoms with Crippen LogP contribution in [0.1, 0.15) is 5.56 Å². The number of carbonyl (C=O) groups is 4. The average Bonchev–Trinajstić information content (AvgIpc) is 2.91. The summed E-state index contributed by atoms with van der Waals surface area (Å²) in [5, 5.41) is 15.8. The third-order valence-corrected chi connectivity index (χ3v) is 8.90. The van der Waals surface area contributed by atoms with Crippen molar-refractivity contribution in [3.05, 3.63) is 69.6 Å². The monoisotopic (exact) mass is 596 g/mol. The number of amides is 3. The first-order chi connectivity index (χ1) is 18.2. The molecule has 5 N–H and O–H groups in total. The van der Waals surface area contributed by atoms with Crippen molar-refractivity contribution in [1.82, 2.24) is 15.5 Å². The molecule has 1 fully saturated rings. The molecule has 0 spiro atoms. The first-order valence-corrected chi connectivity index (χ1v) is 14.2. The molecule has 2 aliphatic heterocycles. The maximum atomic E-state index is 12.9. The number of thioether (sulfide) groups is 2. The molecule has 1 aromatic heterocycles. The summed E-state index contributed by atoms with van der Waals surface area (Å²) in [5.41, 5.74) is 6.67. The zero-order valence-electron chi connectivity index (χ0n) is 19.9. The van der Waals surface area contributed by atoms with Gasteiger partial charge in [-0.1, -0.05) is 23.2 Å². The molecule has 2 aromatic rings. The fourth-order valence-electron chi connectivity index (χ4n) is 3.96. The van der Waals surface area contributed by atoms with Gasteiger partial charge >= 0.3 is 5.97 Å². The summed E-state index contributed by atoms with van der Waals surface area (Å²) in [6.07, 6.45) is 3.55. The van der Waals surface area contributed by atoms with E-state index < -0.39 is 23.3 Å². The van der Waals surface area contributed by atoms with Gasteiger partial charge < -0.3 is 21.5 Å². The van der Waals surface area contributed by atoms with E-state index in [-0.39, 0.29) is 36.4 Å². The lowest BCUT2D eigenvalue weighted by atomic mass is 10.0. The SMILES string of the molecule is NCC(=O)NCc1cc[n+](CC2=C(C(=O)O)N3C(=O)[C@H](NC(=O)CSc4cc(Cl)ccc4Cl)[C@H]3SC2)cc1. The normalized spacial score (nSPS) is 18.5. The van der Waals surface area contributed by atoms with Crippen LogP contribution in [0, 0.1) is 0 Å². The molecule has 2 aliphatic rings. The zero-order chi connectivity index (χ0) is 27.4. The summed E-state index contributed by atoms with van der Waals surface area (Å²) in [4.78, 5) is 50.8. The molecule has 0 aliphatic carbocycles. The van der Waals surface area contributed by atoms with Crippen LogP contribution in [0.15, 0.2) is 58.9 Å². The van der Waals surface area contributed by atoms with Gasteiger partial charge in [0.1, 0.15) is 17.1 Å². The van der Waals surface area contributed by atoms with Crippen LogP contribution in [0.3, 0.4) is 0 Å². The van der Waals surface area contributed by atoms with Crippen molar-refractivity contribution in [2.75, 3.05) is 18.1 Å². The van der Waals surface area contributed by atoms with Crippen LogP contribution in [0.2, 0.25) is 10.0 Å². The maximum absolute atomic E-state index is 12.9. The van der Waals surface area contributed by atoms with Gasteiger partial charge in [-0.3, -0.25) is 19.3 Å². The van der Waals surface area contributed by atoms with Crippen molar-refractivity contribution >= 4 is 70.4 Å². The number of aromatic nitrogens is 1. The Bertz CT molecular complexity index is 1310. The highest BCUT2D eigenvalue weighted by Gasteiger charge is 2.54. The highest BCUT2D eigenvalue weighted by atomic mass is 35.5. The molecule has 14 heteroatoms. The fourth-order valence-corrected chi connectivity index (χ4v) is 6.60. The molecular weight excluding hydrogens is 573 g/mol. The number of rotatable bonds is 10. The summed E-state index contributed by atoms with van der Waals surface area (Å²) >= 11 is 14.7. The van der Waals surface area contributed by atoms with Crippen LogP contribution < -0.4 is 20.9 Å². The Morgan fingerprint density at radius 3 is 2.61 bits per heavy atom. The third kappa shape index (κ3) is 6.44. The van der Waals surface area contributed by atoms with Crippen LogP contribution >= 0.6 is 46.7 Å². The van der Waals surface area contributed by atoms with Gasteiger partial charge in [-0.05, 0) is 23.8 Å². The molecular formula is C24H24Cl2N5O5S2+. The summed E-state index contributed by atoms with van der Waals surface area (Å²) in [5.74, 6) is -1.88. The number of pyridine rings is 1. The highest BCUT2D eigenvalue weighted by Crippen LogP contribution is 2.40. The van der Waals surface area contributed by atoms with Crippen molar-refractivity contribution in [1.29, 1.82) is 0 Å². The number of aliphatic carboxylic acids is 1. The van der Waals surface area contributed by atoms with Crippen LogP contribution in [0.5, 0.6) is 0 Å². The van der Waals surface area contributed by atoms with Gasteiger partial charge in [0.2, 0.25) is 11.8 Å². The van der Waals surface area contributed by atoms with Crippen LogP contribution in [-0.2, 0) is 32.3 Å². The van der Waals surface area contributed by atoms with Gasteiger partial charge in [-0.2, -0.15) is 0 Å². The number of carbonyl (C=O) groups excluding carboxylic acids is 3. The van der Waals surface area contributed by atoms with Gasteiger partial charge in [0.15, 0.2) is 18.9 Å². The topological polar surface area (TPSA) is 146 Å². The van der Waals surface area contributed by atoms with E-state index in [1.807, 2.05) is 12.1 Å². The lowest BCUT2D eigenvalue weighted by Gasteiger charge is -2.49. The lowest BCUT2D eigenvalue weighted by Crippen LogP contribution is -2.70. The molecule has 0 radical (unpaired) electrons. The van der Waals surface area contributed by atoms with Gasteiger partial charge in [0, 0.05) is 39.9 Å². The maximum Gasteiger partial charge on any atom is 0.352 e. The second-order valence-electron chi connectivity index (χ2n) is 8.44. The number of nitrogens with zero attached hydrogens (tertiary/aromatic N) is 2. The zero-order valence-corrected chi connectivity index (χ0v) is 23.0. The number of nitrogens with one attached hydrogen (secondary N) is 2. The molecule has 0 bridgehead atoms. The first kappa shape index (κ1) is 28.2. The molecule has 0 saturated carbocycles. The third-order valence-electron chi connectivity index (χ3n) is 5.83. The van der Waals surface area contributed by atoms with Gasteiger partial charge in [-0.15, -0.1) is 23.5 Å². The summed E-state index contributed by atoms with van der Waals surface area (Å²) in [6.45, 7) is 0.514. The van der Waals surface area contributed by atoms with E-state index in [2.05, 4.69) is 10.6 Å². The number of carboxylic acids is 1. The summed E-state index contributed by atoms with van der Waals surface area (Å²) in [6, 6.07) is 7.76. The Morgan fingerprint density at radius 2 is 1.92 bits per heavy atom. The van der Waals surface area contributed by atoms with E-state index in [4.69, 9.17) is 28.9 Å². The van der Waals surface area contributed by atoms with Gasteiger partial charge in [0.05, 0.1) is 17.3 Å². The van der Waals surface area contributed by atoms with Crippen molar-refractivity contribution in [2.45, 2.75) is 29.4 Å². The standard InChI is InChI=1S/C24H23Cl2N5O5S2/c25-15-1-2-16(26)17(7-15)37-12-19(33)29-20-22(34)31-21(24(35)36)14(11-38-23(20)31)10-30-5-3-13(4-6-30)9-28-18(32)8-27/h1-7,20,23H,8-12,27H2,(H2-,28,29,32,33,35,36)/p+1/t20-,23+/m0/s1. The molecule has 200 valence electrons. The Morgan fingerprint density at radius 1 is 1.18 bits per heavy atom. The van der Waals surface area contributed by atoms with Crippen LogP contribution in [0.25, 0.3) is 0 Å². The lowest BCUT2D eigenvalue weighted by molar-refractivity contribution is -0.689. The molecule has 38 heavy (non-hydrogen) atoms. The van der Waals surface area contributed by atoms with E-state index in [1.165, 1.54) is 28.4 Å². The van der Waals surface area contributed by atoms with Crippen molar-refractivity contribution in [2.24, 2.45) is 5.73 Å². The van der Waals surface area contributed by atoms with E-state index >= 15 is 0 Å². The number of hydrogen-bond acceptors (Lipinski definition) is 7. The molecule has 3 heterocycles. The van der Waals surface area contributed by atoms with Crippen molar-refractivity contribution in [3.8, 4) is 0 Å². The molecule has 10 nitrogen and oxygen atoms in total. The molecule has 0 unspecified atom stereocenters. The summed E-state index contributed by atoms with van der Waals surface area (Å²) in [7, 11) is 0. The predicted molar refractivity (Wildman–Crippen MR) is 144 cm³/mol. The van der Waals surface area contributed by atoms with Crippen LogP contribution in [-0.4, -0.2) is 63.2 Å². The van der Waals surface area contributed by atoms with Crippen molar-refractivity contribution in [3.63, 3.8) is 0 Å². The van der Waals surface area contributed by atoms with Crippen molar-refractivity contribution < 1.29 is 28.9 Å². The van der Waals surface area contributed by atoms with E-state index in [1.54, 1.807) is 35.2 Å². The Kier molecular flexibility index (Phi) is 9.21. The van der Waals surface area contributed by atoms with Crippen LogP contribution in [0.4, 0.5) is 0 Å². The van der Waals surface area contributed by atoms with E-state index in [0.29, 0.717) is 32.8 Å². The summed E-state index contributed by atoms with van der Waals surface area (Å²) < 4.78 is 1.80. The molecule has 1 saturated heterocycles. The number of halogens is 2. The minimum absolute atomic E-state index is 0.0244. The Labute approximate surface area is 236 Å². The number of β-lactam (4-membered cyclic amide) rings is 1. The molecule has 2 atom stereocenters. The average molecular weight is 598 g/mol. The number of fused-ring (bicyclic) bond motifs is 1. The number of nitrogens with two attached hydrogens (primary N) is 1. The predicted octanol–water partition coefficient (Wildman–Crippen LogP) is 1.39. The fraction of sp³-hybridized carbons (Fsp3) is 0.292. The second-order valence-corrected chi connectivity index (χ2v) is 11.4. The van der Waals surface area contributed by atoms with E-state index in [9.17, 15) is 24.3 Å². The van der Waals surface area contributed by atoms with Gasteiger partial charge in [0.25, 0.3) is 5.91 Å². The first-order valence-electron chi connectivity index (χ1n) is 11.4. The molecule has 4 rings (SSSR count). The second kappa shape index (κ2) is 12.4. The van der Waals surface area contributed by atoms with E-state index in [0.717, 1.165) is 5.56 Å². The largest absolute Gasteiger partial charge is 0.477 e. The Hall–Kier alpha value is -2.77. The quantitative estimate of drug-likeness (QED) is 0.183. The molecule has 3 amide bonds. The Balaban J connectivity index is 1.38.